The second kappa shape index (κ2) is 15.3. The van der Waals surface area contributed by atoms with Crippen molar-refractivity contribution in [3.05, 3.63) is 77.8 Å². The topological polar surface area (TPSA) is 106 Å². The van der Waals surface area contributed by atoms with Gasteiger partial charge in [0.15, 0.2) is 11.5 Å². The molecule has 1 radical (unpaired) electrons. The van der Waals surface area contributed by atoms with Crippen molar-refractivity contribution in [3.63, 3.8) is 0 Å². The van der Waals surface area contributed by atoms with Crippen LogP contribution in [0.3, 0.4) is 0 Å². The number of anilines is 3. The predicted octanol–water partition coefficient (Wildman–Crippen LogP) is 4.55. The van der Waals surface area contributed by atoms with Gasteiger partial charge in [-0.25, -0.2) is 20.6 Å². The molecule has 0 fully saturated rings. The maximum Gasteiger partial charge on any atom is 0.162 e. The Bertz CT molecular complexity index is 1270. The largest absolute Gasteiger partial charge is 0.540 e. The summed E-state index contributed by atoms with van der Waals surface area (Å²) >= 11 is 5.89. The number of benzene rings is 3. The SMILES string of the molecule is COc1cc2ncnc(Nc3ccc(F)c(Cl)c3)c2cc1OCCNc1cc[c-]cc1.O=[C-]CO.[Y]. The molecule has 0 aliphatic rings. The van der Waals surface area contributed by atoms with Crippen LogP contribution in [0.25, 0.3) is 10.9 Å². The van der Waals surface area contributed by atoms with Gasteiger partial charge in [-0.1, -0.05) is 23.9 Å². The third-order valence-corrected chi connectivity index (χ3v) is 4.86. The number of nitrogens with one attached hydrogen (secondary N) is 2. The fraction of sp³-hybridized carbons (Fsp3) is 0.160. The first-order chi connectivity index (χ1) is 17.0. The zero-order valence-corrected chi connectivity index (χ0v) is 22.9. The number of halogens is 2. The summed E-state index contributed by atoms with van der Waals surface area (Å²) < 4.78 is 24.9. The van der Waals surface area contributed by atoms with Crippen LogP contribution in [0.5, 0.6) is 11.5 Å². The first kappa shape index (κ1) is 29.4. The van der Waals surface area contributed by atoms with Gasteiger partial charge in [0.05, 0.1) is 17.6 Å². The van der Waals surface area contributed by atoms with E-state index in [1.165, 1.54) is 24.7 Å². The Labute approximate surface area is 238 Å². The van der Waals surface area contributed by atoms with Crippen molar-refractivity contribution in [2.75, 3.05) is 37.5 Å². The van der Waals surface area contributed by atoms with E-state index in [0.717, 1.165) is 11.1 Å². The van der Waals surface area contributed by atoms with Crippen molar-refractivity contribution in [1.82, 2.24) is 9.97 Å². The average molecular weight is 586 g/mol. The molecule has 36 heavy (non-hydrogen) atoms. The van der Waals surface area contributed by atoms with E-state index in [0.29, 0.717) is 41.7 Å². The van der Waals surface area contributed by atoms with Crippen molar-refractivity contribution in [1.29, 1.82) is 0 Å². The number of nitrogens with zero attached hydrogens (tertiary/aromatic N) is 2. The summed E-state index contributed by atoms with van der Waals surface area (Å²) in [6.07, 6.45) is 2.68. The molecule has 185 valence electrons. The van der Waals surface area contributed by atoms with Crippen LogP contribution in [-0.2, 0) is 37.5 Å². The first-order valence-electron chi connectivity index (χ1n) is 10.4. The minimum absolute atomic E-state index is 0. The molecule has 1 heterocycles. The normalized spacial score (nSPS) is 9.89. The fourth-order valence-corrected chi connectivity index (χ4v) is 3.19. The molecule has 0 spiro atoms. The van der Waals surface area contributed by atoms with Crippen molar-refractivity contribution >= 4 is 46.0 Å². The third kappa shape index (κ3) is 8.38. The summed E-state index contributed by atoms with van der Waals surface area (Å²) in [5.74, 6) is 1.19. The molecule has 11 heteroatoms. The van der Waals surface area contributed by atoms with E-state index >= 15 is 0 Å². The second-order valence-corrected chi connectivity index (χ2v) is 7.27. The van der Waals surface area contributed by atoms with E-state index in [2.05, 4.69) is 26.7 Å². The minimum Gasteiger partial charge on any atom is -0.540 e. The maximum atomic E-state index is 13.5. The molecule has 0 saturated carbocycles. The van der Waals surface area contributed by atoms with Crippen molar-refractivity contribution in [2.24, 2.45) is 0 Å². The molecular weight excluding hydrogens is 564 g/mol. The monoisotopic (exact) mass is 585 g/mol. The molecule has 0 amide bonds. The molecule has 0 unspecified atom stereocenters. The van der Waals surface area contributed by atoms with Gasteiger partial charge in [-0.15, -0.1) is 12.1 Å². The van der Waals surface area contributed by atoms with Gasteiger partial charge in [0, 0.05) is 56.4 Å². The number of fused-ring (bicyclic) bond motifs is 1. The second-order valence-electron chi connectivity index (χ2n) is 6.86. The summed E-state index contributed by atoms with van der Waals surface area (Å²) in [5.41, 5.74) is 2.27. The van der Waals surface area contributed by atoms with Gasteiger partial charge < -0.3 is 30.0 Å². The molecule has 0 saturated heterocycles. The number of rotatable bonds is 9. The Kier molecular flexibility index (Phi) is 12.5. The van der Waals surface area contributed by atoms with E-state index in [1.54, 1.807) is 19.2 Å². The quantitative estimate of drug-likeness (QED) is 0.194. The number of hydrogen-bond donors (Lipinski definition) is 3. The van der Waals surface area contributed by atoms with E-state index in [1.807, 2.05) is 30.3 Å². The molecule has 8 nitrogen and oxygen atoms in total. The molecule has 0 atom stereocenters. The first-order valence-corrected chi connectivity index (χ1v) is 10.8. The Morgan fingerprint density at radius 1 is 1.11 bits per heavy atom. The van der Waals surface area contributed by atoms with Crippen LogP contribution in [0.4, 0.5) is 21.6 Å². The number of aliphatic hydroxyl groups is 1. The molecular formula is C25H22ClFN4O4Y-2. The maximum absolute atomic E-state index is 13.5. The van der Waals surface area contributed by atoms with Gasteiger partial charge in [-0.2, -0.15) is 18.2 Å². The fourth-order valence-electron chi connectivity index (χ4n) is 3.01. The number of hydrogen-bond acceptors (Lipinski definition) is 8. The van der Waals surface area contributed by atoms with Crippen LogP contribution in [-0.4, -0.2) is 48.2 Å². The van der Waals surface area contributed by atoms with Gasteiger partial charge in [-0.3, -0.25) is 0 Å². The zero-order valence-electron chi connectivity index (χ0n) is 19.3. The molecule has 4 aromatic rings. The van der Waals surface area contributed by atoms with Crippen molar-refractivity contribution in [2.45, 2.75) is 0 Å². The summed E-state index contributed by atoms with van der Waals surface area (Å²) in [4.78, 5) is 17.4. The smallest absolute Gasteiger partial charge is 0.162 e. The van der Waals surface area contributed by atoms with E-state index in [-0.39, 0.29) is 37.7 Å². The molecule has 0 aliphatic carbocycles. The predicted molar refractivity (Wildman–Crippen MR) is 133 cm³/mol. The summed E-state index contributed by atoms with van der Waals surface area (Å²) in [6.45, 7) is 0.542. The Balaban J connectivity index is 0.000000850. The van der Waals surface area contributed by atoms with Crippen LogP contribution in [0.2, 0.25) is 5.02 Å². The summed E-state index contributed by atoms with van der Waals surface area (Å²) in [5, 5.41) is 14.6. The Hall–Kier alpha value is -2.85. The number of aromatic nitrogens is 2. The van der Waals surface area contributed by atoms with E-state index in [4.69, 9.17) is 31.0 Å². The van der Waals surface area contributed by atoms with Gasteiger partial charge in [0.1, 0.15) is 24.6 Å². The molecule has 0 aliphatic heterocycles. The Morgan fingerprint density at radius 2 is 1.86 bits per heavy atom. The van der Waals surface area contributed by atoms with Crippen LogP contribution in [0.1, 0.15) is 0 Å². The molecule has 4 rings (SSSR count). The van der Waals surface area contributed by atoms with E-state index in [9.17, 15) is 4.39 Å². The number of methoxy groups -OCH3 is 1. The van der Waals surface area contributed by atoms with Crippen LogP contribution < -0.4 is 20.1 Å². The van der Waals surface area contributed by atoms with Crippen LogP contribution >= 0.6 is 11.6 Å². The van der Waals surface area contributed by atoms with Gasteiger partial charge in [0.2, 0.25) is 0 Å². The molecule has 3 aromatic carbocycles. The Morgan fingerprint density at radius 3 is 2.53 bits per heavy atom. The van der Waals surface area contributed by atoms with Crippen molar-refractivity contribution < 1.29 is 56.5 Å². The molecule has 3 N–H and O–H groups in total. The number of ether oxygens (including phenoxy) is 2. The number of aliphatic hydroxyl groups excluding tert-OH is 1. The van der Waals surface area contributed by atoms with Gasteiger partial charge in [0.25, 0.3) is 0 Å². The van der Waals surface area contributed by atoms with Crippen LogP contribution in [0, 0.1) is 11.9 Å². The minimum atomic E-state index is -0.486. The third-order valence-electron chi connectivity index (χ3n) is 4.57. The van der Waals surface area contributed by atoms with Gasteiger partial charge >= 0.3 is 0 Å². The van der Waals surface area contributed by atoms with Gasteiger partial charge in [-0.05, 0) is 24.3 Å². The zero-order chi connectivity index (χ0) is 25.0. The molecule has 1 aromatic heterocycles. The standard InChI is InChI=1S/C23H19ClFN4O2.C2H3O2.Y/c1-30-21-13-20-17(12-22(21)31-10-9-26-15-5-3-2-4-6-15)23(28-14-27-20)29-16-7-8-19(25)18(24)11-16;3-1-2-4;/h3-8,11-14,26H,9-10H2,1H3,(H,27,28,29);3H,1H2;/q2*-1;. The molecule has 0 bridgehead atoms. The average Bonchev–Trinajstić information content (AvgIpc) is 2.89. The van der Waals surface area contributed by atoms with Crippen LogP contribution in [0.15, 0.2) is 60.9 Å². The summed E-state index contributed by atoms with van der Waals surface area (Å²) in [7, 11) is 1.58. The number of carbonyl (C=O) groups excluding carboxylic acids is 1. The summed E-state index contributed by atoms with van der Waals surface area (Å²) in [6, 6.07) is 18.5. The van der Waals surface area contributed by atoms with E-state index < -0.39 is 12.4 Å². The van der Waals surface area contributed by atoms with Crippen molar-refractivity contribution in [3.8, 4) is 11.5 Å².